The standard InChI is InChI=1S/C20H16N2O4/c23-19(21-10-13-6-7-17-18(8-13)26-12-25-17)15-9-16(20(24)22-11-15)14-4-2-1-3-5-14/h1-9,11H,10,12H2,(H,21,23)(H,22,24). The molecule has 0 aliphatic carbocycles. The van der Waals surface area contributed by atoms with Gasteiger partial charge in [-0.25, -0.2) is 0 Å². The van der Waals surface area contributed by atoms with Gasteiger partial charge in [0, 0.05) is 18.3 Å². The van der Waals surface area contributed by atoms with Crippen molar-refractivity contribution in [2.75, 3.05) is 6.79 Å². The molecule has 0 spiro atoms. The third-order valence-corrected chi connectivity index (χ3v) is 4.14. The topological polar surface area (TPSA) is 80.4 Å². The maximum Gasteiger partial charge on any atom is 0.255 e. The first-order chi connectivity index (χ1) is 12.7. The van der Waals surface area contributed by atoms with Gasteiger partial charge in [0.15, 0.2) is 11.5 Å². The van der Waals surface area contributed by atoms with E-state index in [2.05, 4.69) is 10.3 Å². The van der Waals surface area contributed by atoms with Crippen molar-refractivity contribution in [3.05, 3.63) is 82.3 Å². The number of pyridine rings is 1. The lowest BCUT2D eigenvalue weighted by Crippen LogP contribution is -2.24. The van der Waals surface area contributed by atoms with Gasteiger partial charge in [-0.15, -0.1) is 0 Å². The molecular formula is C20H16N2O4. The highest BCUT2D eigenvalue weighted by atomic mass is 16.7. The van der Waals surface area contributed by atoms with Gasteiger partial charge in [-0.2, -0.15) is 0 Å². The molecule has 1 amide bonds. The molecule has 26 heavy (non-hydrogen) atoms. The number of nitrogens with one attached hydrogen (secondary N) is 2. The van der Waals surface area contributed by atoms with Crippen molar-refractivity contribution in [1.82, 2.24) is 10.3 Å². The molecular weight excluding hydrogens is 332 g/mol. The zero-order valence-electron chi connectivity index (χ0n) is 13.8. The van der Waals surface area contributed by atoms with E-state index in [1.54, 1.807) is 6.07 Å². The van der Waals surface area contributed by atoms with E-state index in [-0.39, 0.29) is 18.3 Å². The van der Waals surface area contributed by atoms with Crippen LogP contribution in [0.5, 0.6) is 11.5 Å². The second-order valence-corrected chi connectivity index (χ2v) is 5.87. The van der Waals surface area contributed by atoms with Crippen LogP contribution in [-0.4, -0.2) is 17.7 Å². The summed E-state index contributed by atoms with van der Waals surface area (Å²) in [6.45, 7) is 0.556. The fourth-order valence-electron chi connectivity index (χ4n) is 2.78. The molecule has 0 atom stereocenters. The van der Waals surface area contributed by atoms with E-state index in [1.807, 2.05) is 48.5 Å². The second kappa shape index (κ2) is 6.76. The van der Waals surface area contributed by atoms with Crippen LogP contribution in [0.2, 0.25) is 0 Å². The van der Waals surface area contributed by atoms with Gasteiger partial charge in [0.2, 0.25) is 6.79 Å². The van der Waals surface area contributed by atoms with Crippen molar-refractivity contribution < 1.29 is 14.3 Å². The van der Waals surface area contributed by atoms with Gasteiger partial charge in [-0.05, 0) is 29.3 Å². The van der Waals surface area contributed by atoms with E-state index in [0.717, 1.165) is 11.1 Å². The predicted octanol–water partition coefficient (Wildman–Crippen LogP) is 2.70. The molecule has 2 heterocycles. The van der Waals surface area contributed by atoms with Crippen LogP contribution >= 0.6 is 0 Å². The van der Waals surface area contributed by atoms with Crippen molar-refractivity contribution in [2.45, 2.75) is 6.54 Å². The number of rotatable bonds is 4. The maximum atomic E-state index is 12.5. The summed E-state index contributed by atoms with van der Waals surface area (Å²) in [6, 6.07) is 16.4. The Hall–Kier alpha value is -3.54. The van der Waals surface area contributed by atoms with Crippen LogP contribution in [0.25, 0.3) is 11.1 Å². The Balaban J connectivity index is 1.51. The lowest BCUT2D eigenvalue weighted by Gasteiger charge is -2.08. The molecule has 1 aliphatic rings. The molecule has 0 bridgehead atoms. The van der Waals surface area contributed by atoms with E-state index in [1.165, 1.54) is 6.20 Å². The number of ether oxygens (including phenoxy) is 2. The molecule has 0 saturated heterocycles. The smallest absolute Gasteiger partial charge is 0.255 e. The number of fused-ring (bicyclic) bond motifs is 1. The Morgan fingerprint density at radius 2 is 1.85 bits per heavy atom. The van der Waals surface area contributed by atoms with E-state index >= 15 is 0 Å². The van der Waals surface area contributed by atoms with Crippen LogP contribution in [0.1, 0.15) is 15.9 Å². The summed E-state index contributed by atoms with van der Waals surface area (Å²) in [7, 11) is 0. The monoisotopic (exact) mass is 348 g/mol. The van der Waals surface area contributed by atoms with Crippen molar-refractivity contribution in [1.29, 1.82) is 0 Å². The Kier molecular flexibility index (Phi) is 4.15. The van der Waals surface area contributed by atoms with Crippen molar-refractivity contribution in [2.24, 2.45) is 0 Å². The first kappa shape index (κ1) is 16.0. The molecule has 130 valence electrons. The predicted molar refractivity (Wildman–Crippen MR) is 96.2 cm³/mol. The van der Waals surface area contributed by atoms with Gasteiger partial charge < -0.3 is 19.8 Å². The van der Waals surface area contributed by atoms with Crippen molar-refractivity contribution >= 4 is 5.91 Å². The Morgan fingerprint density at radius 3 is 2.69 bits per heavy atom. The number of aromatic nitrogens is 1. The molecule has 3 aromatic rings. The molecule has 0 saturated carbocycles. The maximum absolute atomic E-state index is 12.5. The number of aromatic amines is 1. The Labute approximate surface area is 149 Å². The number of carbonyl (C=O) groups excluding carboxylic acids is 1. The molecule has 0 radical (unpaired) electrons. The highest BCUT2D eigenvalue weighted by Crippen LogP contribution is 2.32. The summed E-state index contributed by atoms with van der Waals surface area (Å²) >= 11 is 0. The first-order valence-corrected chi connectivity index (χ1v) is 8.15. The van der Waals surface area contributed by atoms with E-state index < -0.39 is 0 Å². The number of hydrogen-bond donors (Lipinski definition) is 2. The third-order valence-electron chi connectivity index (χ3n) is 4.14. The number of H-pyrrole nitrogens is 1. The van der Waals surface area contributed by atoms with Gasteiger partial charge >= 0.3 is 0 Å². The molecule has 6 nitrogen and oxygen atoms in total. The molecule has 0 fully saturated rings. The summed E-state index contributed by atoms with van der Waals surface area (Å²) < 4.78 is 10.6. The van der Waals surface area contributed by atoms with E-state index in [0.29, 0.717) is 29.2 Å². The first-order valence-electron chi connectivity index (χ1n) is 8.15. The van der Waals surface area contributed by atoms with Crippen LogP contribution in [0.3, 0.4) is 0 Å². The van der Waals surface area contributed by atoms with E-state index in [4.69, 9.17) is 9.47 Å². The van der Waals surface area contributed by atoms with Crippen LogP contribution in [0.4, 0.5) is 0 Å². The molecule has 6 heteroatoms. The van der Waals surface area contributed by atoms with Crippen LogP contribution in [0, 0.1) is 0 Å². The molecule has 4 rings (SSSR count). The minimum Gasteiger partial charge on any atom is -0.454 e. The minimum atomic E-state index is -0.268. The third kappa shape index (κ3) is 3.17. The number of amides is 1. The van der Waals surface area contributed by atoms with Gasteiger partial charge in [-0.1, -0.05) is 36.4 Å². The SMILES string of the molecule is O=C(NCc1ccc2c(c1)OCO2)c1c[nH]c(=O)c(-c2ccccc2)c1. The highest BCUT2D eigenvalue weighted by Gasteiger charge is 2.14. The van der Waals surface area contributed by atoms with Crippen molar-refractivity contribution in [3.8, 4) is 22.6 Å². The van der Waals surface area contributed by atoms with Crippen molar-refractivity contribution in [3.63, 3.8) is 0 Å². The van der Waals surface area contributed by atoms with Gasteiger partial charge in [0.1, 0.15) is 0 Å². The van der Waals surface area contributed by atoms with Gasteiger partial charge in [0.25, 0.3) is 11.5 Å². The summed E-state index contributed by atoms with van der Waals surface area (Å²) in [5.41, 5.74) is 2.28. The second-order valence-electron chi connectivity index (χ2n) is 5.87. The van der Waals surface area contributed by atoms with Gasteiger partial charge in [-0.3, -0.25) is 9.59 Å². The van der Waals surface area contributed by atoms with E-state index in [9.17, 15) is 9.59 Å². The lowest BCUT2D eigenvalue weighted by atomic mass is 10.1. The normalized spacial score (nSPS) is 12.0. The van der Waals surface area contributed by atoms with Gasteiger partial charge in [0.05, 0.1) is 5.56 Å². The Bertz CT molecular complexity index is 1010. The zero-order chi connectivity index (χ0) is 17.9. The number of carbonyl (C=O) groups is 1. The quantitative estimate of drug-likeness (QED) is 0.760. The summed E-state index contributed by atoms with van der Waals surface area (Å²) in [4.78, 5) is 27.2. The molecule has 1 aliphatic heterocycles. The molecule has 1 aromatic heterocycles. The average molecular weight is 348 g/mol. The average Bonchev–Trinajstić information content (AvgIpc) is 3.15. The highest BCUT2D eigenvalue weighted by molar-refractivity contribution is 5.95. The zero-order valence-corrected chi connectivity index (χ0v) is 13.8. The molecule has 2 N–H and O–H groups in total. The Morgan fingerprint density at radius 1 is 1.04 bits per heavy atom. The summed E-state index contributed by atoms with van der Waals surface area (Å²) in [5, 5.41) is 2.85. The van der Waals surface area contributed by atoms with Crippen LogP contribution in [-0.2, 0) is 6.54 Å². The van der Waals surface area contributed by atoms with Crippen LogP contribution in [0.15, 0.2) is 65.6 Å². The largest absolute Gasteiger partial charge is 0.454 e. The molecule has 0 unspecified atom stereocenters. The lowest BCUT2D eigenvalue weighted by molar-refractivity contribution is 0.0950. The minimum absolute atomic E-state index is 0.213. The number of benzene rings is 2. The number of hydrogen-bond acceptors (Lipinski definition) is 4. The molecule has 2 aromatic carbocycles. The fourth-order valence-corrected chi connectivity index (χ4v) is 2.78. The summed E-state index contributed by atoms with van der Waals surface area (Å²) in [6.07, 6.45) is 1.42. The summed E-state index contributed by atoms with van der Waals surface area (Å²) in [5.74, 6) is 1.11. The fraction of sp³-hybridized carbons (Fsp3) is 0.100. The van der Waals surface area contributed by atoms with Crippen LogP contribution < -0.4 is 20.3 Å².